The number of nitrogens with zero attached hydrogens (tertiary/aromatic N) is 5. The van der Waals surface area contributed by atoms with Gasteiger partial charge in [0, 0.05) is 17.9 Å². The summed E-state index contributed by atoms with van der Waals surface area (Å²) in [6, 6.07) is 13.8. The summed E-state index contributed by atoms with van der Waals surface area (Å²) in [6.07, 6.45) is -2.75. The third-order valence-electron chi connectivity index (χ3n) is 6.57. The van der Waals surface area contributed by atoms with Crippen LogP contribution in [0.3, 0.4) is 0 Å². The highest BCUT2D eigenvalue weighted by Gasteiger charge is 2.40. The van der Waals surface area contributed by atoms with E-state index in [1.54, 1.807) is 36.4 Å². The second kappa shape index (κ2) is 12.6. The number of carbonyl (C=O) groups is 2. The number of nitriles is 1. The number of anilines is 3. The Morgan fingerprint density at radius 1 is 1.19 bits per heavy atom. The van der Waals surface area contributed by atoms with Crippen LogP contribution in [0.15, 0.2) is 61.2 Å². The summed E-state index contributed by atoms with van der Waals surface area (Å²) in [4.78, 5) is 37.2. The Bertz CT molecular complexity index is 1630. The summed E-state index contributed by atoms with van der Waals surface area (Å²) in [5.74, 6) is 5.19. The molecule has 0 saturated carbocycles. The summed E-state index contributed by atoms with van der Waals surface area (Å²) >= 11 is 0. The predicted octanol–water partition coefficient (Wildman–Crippen LogP) is 5.16. The highest BCUT2D eigenvalue weighted by atomic mass is 19.4. The van der Waals surface area contributed by atoms with Crippen molar-refractivity contribution in [3.63, 3.8) is 0 Å². The van der Waals surface area contributed by atoms with Gasteiger partial charge in [-0.1, -0.05) is 30.7 Å². The maximum atomic E-state index is 14.1. The lowest BCUT2D eigenvalue weighted by molar-refractivity contribution is -0.137. The number of carbonyl (C=O) groups excluding carboxylic acids is 2. The highest BCUT2D eigenvalue weighted by Crippen LogP contribution is 2.38. The lowest BCUT2D eigenvalue weighted by Crippen LogP contribution is -2.47. The molecule has 1 aliphatic heterocycles. The molecule has 3 heterocycles. The average Bonchev–Trinajstić information content (AvgIpc) is 3.44. The molecule has 1 aliphatic rings. The Kier molecular flexibility index (Phi) is 8.92. The molecule has 214 valence electrons. The molecule has 3 aromatic rings. The number of pyridine rings is 2. The Morgan fingerprint density at radius 2 is 1.95 bits per heavy atom. The van der Waals surface area contributed by atoms with Crippen LogP contribution in [0.25, 0.3) is 0 Å². The Hall–Kier alpha value is -5.16. The topological polar surface area (TPSA) is 102 Å². The van der Waals surface area contributed by atoms with Crippen LogP contribution in [0.2, 0.25) is 0 Å². The van der Waals surface area contributed by atoms with Gasteiger partial charge in [0.25, 0.3) is 5.91 Å². The zero-order valence-corrected chi connectivity index (χ0v) is 23.0. The molecule has 42 heavy (non-hydrogen) atoms. The second-order valence-corrected chi connectivity index (χ2v) is 9.64. The summed E-state index contributed by atoms with van der Waals surface area (Å²) in [5.41, 5.74) is 0.231. The molecule has 11 heteroatoms. The van der Waals surface area contributed by atoms with Crippen LogP contribution < -0.4 is 15.1 Å². The molecule has 0 bridgehead atoms. The molecule has 2 aromatic heterocycles. The molecular formula is C31H27F3N6O2. The summed E-state index contributed by atoms with van der Waals surface area (Å²) in [6.45, 7) is 6.93. The molecule has 1 atom stereocenters. The van der Waals surface area contributed by atoms with Gasteiger partial charge in [0.15, 0.2) is 0 Å². The number of hydrogen-bond acceptors (Lipinski definition) is 6. The van der Waals surface area contributed by atoms with Crippen molar-refractivity contribution in [3.8, 4) is 17.9 Å². The van der Waals surface area contributed by atoms with Crippen molar-refractivity contribution in [2.75, 3.05) is 28.2 Å². The van der Waals surface area contributed by atoms with Crippen LogP contribution in [0.4, 0.5) is 30.5 Å². The van der Waals surface area contributed by atoms with E-state index in [1.165, 1.54) is 16.7 Å². The summed E-state index contributed by atoms with van der Waals surface area (Å²) < 4.78 is 41.4. The van der Waals surface area contributed by atoms with E-state index in [9.17, 15) is 28.0 Å². The average molecular weight is 573 g/mol. The number of rotatable bonds is 6. The number of aromatic nitrogens is 2. The van der Waals surface area contributed by atoms with Gasteiger partial charge in [0.05, 0.1) is 12.1 Å². The Labute approximate surface area is 241 Å². The first-order chi connectivity index (χ1) is 20.0. The number of benzene rings is 1. The van der Waals surface area contributed by atoms with Gasteiger partial charge < -0.3 is 10.2 Å². The van der Waals surface area contributed by atoms with Crippen LogP contribution in [0, 0.1) is 37.0 Å². The van der Waals surface area contributed by atoms with Gasteiger partial charge >= 0.3 is 6.18 Å². The minimum absolute atomic E-state index is 0.0439. The SMILES string of the molecule is C=CC(=O)Nc1cccc(C#CCN(C(=O)[C@@H]2CCCN2c2nc(C)cc(C(F)(F)F)c2C#N)c2cccc(C)c2)n1. The van der Waals surface area contributed by atoms with Crippen LogP contribution in [0.1, 0.15) is 40.9 Å². The zero-order chi connectivity index (χ0) is 30.4. The first-order valence-electron chi connectivity index (χ1n) is 13.0. The van der Waals surface area contributed by atoms with E-state index in [2.05, 4.69) is 33.7 Å². The van der Waals surface area contributed by atoms with Crippen LogP contribution in [-0.4, -0.2) is 40.9 Å². The molecule has 0 unspecified atom stereocenters. The number of amides is 2. The van der Waals surface area contributed by atoms with E-state index in [-0.39, 0.29) is 36.3 Å². The number of aryl methyl sites for hydroxylation is 2. The van der Waals surface area contributed by atoms with Crippen molar-refractivity contribution in [2.24, 2.45) is 0 Å². The van der Waals surface area contributed by atoms with Crippen molar-refractivity contribution in [3.05, 3.63) is 89.3 Å². The molecule has 1 fully saturated rings. The van der Waals surface area contributed by atoms with Crippen molar-refractivity contribution in [2.45, 2.75) is 38.9 Å². The van der Waals surface area contributed by atoms with E-state index in [0.717, 1.165) is 17.7 Å². The summed E-state index contributed by atoms with van der Waals surface area (Å²) in [7, 11) is 0. The Balaban J connectivity index is 1.68. The van der Waals surface area contributed by atoms with Gasteiger partial charge in [-0.15, -0.1) is 0 Å². The molecular weight excluding hydrogens is 545 g/mol. The number of halogens is 3. The van der Waals surface area contributed by atoms with E-state index < -0.39 is 29.3 Å². The third-order valence-corrected chi connectivity index (χ3v) is 6.57. The smallest absolute Gasteiger partial charge is 0.343 e. The van der Waals surface area contributed by atoms with Crippen LogP contribution >= 0.6 is 0 Å². The van der Waals surface area contributed by atoms with Gasteiger partial charge in [-0.3, -0.25) is 14.5 Å². The van der Waals surface area contributed by atoms with Crippen molar-refractivity contribution in [1.29, 1.82) is 5.26 Å². The molecule has 0 aliphatic carbocycles. The monoisotopic (exact) mass is 572 g/mol. The first kappa shape index (κ1) is 29.8. The van der Waals surface area contributed by atoms with Gasteiger partial charge in [-0.2, -0.15) is 18.4 Å². The molecule has 0 spiro atoms. The van der Waals surface area contributed by atoms with Gasteiger partial charge in [-0.25, -0.2) is 9.97 Å². The van der Waals surface area contributed by atoms with E-state index in [0.29, 0.717) is 24.2 Å². The Morgan fingerprint density at radius 3 is 2.64 bits per heavy atom. The van der Waals surface area contributed by atoms with Crippen LogP contribution in [0.5, 0.6) is 0 Å². The second-order valence-electron chi connectivity index (χ2n) is 9.64. The molecule has 1 N–H and O–H groups in total. The number of alkyl halides is 3. The predicted molar refractivity (Wildman–Crippen MR) is 153 cm³/mol. The zero-order valence-electron chi connectivity index (χ0n) is 23.0. The fourth-order valence-corrected chi connectivity index (χ4v) is 4.71. The lowest BCUT2D eigenvalue weighted by atomic mass is 10.1. The quantitative estimate of drug-likeness (QED) is 0.323. The molecule has 1 aromatic carbocycles. The highest BCUT2D eigenvalue weighted by molar-refractivity contribution is 6.00. The standard InChI is InChI=1S/C31H27F3N6O2/c1-4-28(41)38-27-14-6-10-22(37-27)11-7-15-39(23-12-5-9-20(2)17-23)30(42)26-13-8-16-40(26)29-24(19-35)25(31(32,33)34)18-21(3)36-29/h4-6,9-10,12,14,17-18,26H,1,8,13,15-16H2,2-3H3,(H,37,38,41)/t26-/m0/s1. The fourth-order valence-electron chi connectivity index (χ4n) is 4.71. The minimum atomic E-state index is -4.75. The molecule has 8 nitrogen and oxygen atoms in total. The van der Waals surface area contributed by atoms with Gasteiger partial charge in [-0.05, 0) is 74.6 Å². The molecule has 4 rings (SSSR count). The maximum absolute atomic E-state index is 14.1. The van der Waals surface area contributed by atoms with Crippen molar-refractivity contribution in [1.82, 2.24) is 9.97 Å². The van der Waals surface area contributed by atoms with Gasteiger partial charge in [0.2, 0.25) is 5.91 Å². The normalized spacial score (nSPS) is 14.4. The number of hydrogen-bond donors (Lipinski definition) is 1. The largest absolute Gasteiger partial charge is 0.417 e. The lowest BCUT2D eigenvalue weighted by Gasteiger charge is -2.31. The first-order valence-corrected chi connectivity index (χ1v) is 13.0. The van der Waals surface area contributed by atoms with Gasteiger partial charge in [0.1, 0.15) is 35.0 Å². The van der Waals surface area contributed by atoms with Crippen molar-refractivity contribution < 1.29 is 22.8 Å². The maximum Gasteiger partial charge on any atom is 0.417 e. The molecule has 0 radical (unpaired) electrons. The fraction of sp³-hybridized carbons (Fsp3) is 0.258. The van der Waals surface area contributed by atoms with Crippen molar-refractivity contribution >= 4 is 29.1 Å². The van der Waals surface area contributed by atoms with E-state index in [1.807, 2.05) is 19.1 Å². The number of nitrogens with one attached hydrogen (secondary N) is 1. The summed E-state index contributed by atoms with van der Waals surface area (Å²) in [5, 5.41) is 12.3. The third kappa shape index (κ3) is 6.76. The van der Waals surface area contributed by atoms with Crippen LogP contribution in [-0.2, 0) is 15.8 Å². The molecule has 1 saturated heterocycles. The van der Waals surface area contributed by atoms with E-state index in [4.69, 9.17) is 0 Å². The minimum Gasteiger partial charge on any atom is -0.343 e. The van der Waals surface area contributed by atoms with E-state index >= 15 is 0 Å². The molecule has 2 amide bonds.